The number of esters is 1. The lowest BCUT2D eigenvalue weighted by atomic mass is 9.97. The zero-order valence-corrected chi connectivity index (χ0v) is 11.4. The summed E-state index contributed by atoms with van der Waals surface area (Å²) in [6, 6.07) is 0. The second-order valence-corrected chi connectivity index (χ2v) is 4.81. The minimum absolute atomic E-state index is 0.104. The van der Waals surface area contributed by atoms with Crippen LogP contribution in [0, 0.1) is 0 Å². The van der Waals surface area contributed by atoms with E-state index in [0.29, 0.717) is 29.8 Å². The number of hydrogen-bond donors (Lipinski definition) is 1. The van der Waals surface area contributed by atoms with Crippen LogP contribution in [-0.2, 0) is 14.3 Å². The monoisotopic (exact) mass is 282 g/mol. The summed E-state index contributed by atoms with van der Waals surface area (Å²) in [5, 5.41) is 2.82. The van der Waals surface area contributed by atoms with Crippen LogP contribution in [0.1, 0.15) is 12.8 Å². The van der Waals surface area contributed by atoms with Crippen molar-refractivity contribution in [2.75, 3.05) is 20.2 Å². The molecule has 0 atom stereocenters. The molecular weight excluding hydrogens is 268 g/mol. The van der Waals surface area contributed by atoms with Gasteiger partial charge in [0.25, 0.3) is 5.91 Å². The van der Waals surface area contributed by atoms with Crippen molar-refractivity contribution in [2.45, 2.75) is 12.8 Å². The van der Waals surface area contributed by atoms with Crippen LogP contribution < -0.4 is 5.32 Å². The van der Waals surface area contributed by atoms with Gasteiger partial charge in [-0.15, -0.1) is 0 Å². The number of halogens is 1. The van der Waals surface area contributed by atoms with Gasteiger partial charge in [0.05, 0.1) is 12.8 Å². The number of ether oxygens (including phenoxy) is 1. The van der Waals surface area contributed by atoms with Crippen LogP contribution in [0.2, 0.25) is 0 Å². The average Bonchev–Trinajstić information content (AvgIpc) is 2.47. The third-order valence-corrected chi connectivity index (χ3v) is 3.32. The van der Waals surface area contributed by atoms with Crippen LogP contribution in [0.3, 0.4) is 0 Å². The zero-order chi connectivity index (χ0) is 14.0. The smallest absolute Gasteiger partial charge is 0.325 e. The molecule has 6 heteroatoms. The van der Waals surface area contributed by atoms with Gasteiger partial charge in [0, 0.05) is 12.1 Å². The quantitative estimate of drug-likeness (QED) is 0.612. The Morgan fingerprint density at radius 3 is 3.05 bits per heavy atom. The lowest BCUT2D eigenvalue weighted by Gasteiger charge is -2.32. The molecule has 1 amide bonds. The summed E-state index contributed by atoms with van der Waals surface area (Å²) in [6.07, 6.45) is 3.04. The molecule has 0 unspecified atom stereocenters. The first-order chi connectivity index (χ1) is 9.02. The highest BCUT2D eigenvalue weighted by Gasteiger charge is 2.29. The minimum atomic E-state index is -0.346. The highest BCUT2D eigenvalue weighted by molar-refractivity contribution is 6.31. The van der Waals surface area contributed by atoms with E-state index in [-0.39, 0.29) is 23.6 Å². The summed E-state index contributed by atoms with van der Waals surface area (Å²) >= 11 is 5.89. The van der Waals surface area contributed by atoms with E-state index >= 15 is 0 Å². The van der Waals surface area contributed by atoms with Crippen molar-refractivity contribution in [3.63, 3.8) is 0 Å². The number of methoxy groups -OCH3 is 1. The molecule has 0 saturated heterocycles. The number of carbonyl (C=O) groups is 2. The topological polar surface area (TPSA) is 58.6 Å². The summed E-state index contributed by atoms with van der Waals surface area (Å²) in [7, 11) is 1.34. The second kappa shape index (κ2) is 5.48. The predicted octanol–water partition coefficient (Wildman–Crippen LogP) is 1.28. The molecule has 2 heterocycles. The Balaban J connectivity index is 2.37. The van der Waals surface area contributed by atoms with E-state index in [4.69, 9.17) is 11.6 Å². The van der Waals surface area contributed by atoms with Crippen LogP contribution in [0.25, 0.3) is 0 Å². The van der Waals surface area contributed by atoms with Gasteiger partial charge in [-0.05, 0) is 24.5 Å². The second-order valence-electron chi connectivity index (χ2n) is 4.40. The normalized spacial score (nSPS) is 19.5. The summed E-state index contributed by atoms with van der Waals surface area (Å²) < 4.78 is 4.67. The molecule has 2 aliphatic heterocycles. The van der Waals surface area contributed by atoms with Gasteiger partial charge < -0.3 is 15.0 Å². The number of rotatable bonds is 2. The van der Waals surface area contributed by atoms with Crippen molar-refractivity contribution in [1.29, 1.82) is 0 Å². The first kappa shape index (κ1) is 13.7. The summed E-state index contributed by atoms with van der Waals surface area (Å²) in [5.41, 5.74) is 1.93. The van der Waals surface area contributed by atoms with Crippen LogP contribution >= 0.6 is 11.6 Å². The Morgan fingerprint density at radius 1 is 1.63 bits per heavy atom. The van der Waals surface area contributed by atoms with Gasteiger partial charge in [0.15, 0.2) is 0 Å². The van der Waals surface area contributed by atoms with Crippen LogP contribution in [0.5, 0.6) is 0 Å². The third-order valence-electron chi connectivity index (χ3n) is 3.12. The molecule has 0 aliphatic carbocycles. The number of hydrogen-bond acceptors (Lipinski definition) is 4. The maximum atomic E-state index is 12.0. The zero-order valence-electron chi connectivity index (χ0n) is 10.7. The maximum absolute atomic E-state index is 12.0. The number of nitrogens with one attached hydrogen (secondary N) is 1. The van der Waals surface area contributed by atoms with Gasteiger partial charge in [0.2, 0.25) is 0 Å². The average molecular weight is 283 g/mol. The van der Waals surface area contributed by atoms with E-state index in [1.165, 1.54) is 7.11 Å². The van der Waals surface area contributed by atoms with Gasteiger partial charge in [-0.2, -0.15) is 0 Å². The molecule has 0 aromatic rings. The Bertz CT molecular complexity index is 508. The molecule has 0 aromatic carbocycles. The van der Waals surface area contributed by atoms with Crippen molar-refractivity contribution in [3.8, 4) is 0 Å². The van der Waals surface area contributed by atoms with Gasteiger partial charge >= 0.3 is 5.97 Å². The largest absolute Gasteiger partial charge is 0.468 e. The predicted molar refractivity (Wildman–Crippen MR) is 71.1 cm³/mol. The summed E-state index contributed by atoms with van der Waals surface area (Å²) in [5.74, 6) is -0.578. The fourth-order valence-electron chi connectivity index (χ4n) is 2.31. The Kier molecular flexibility index (Phi) is 3.95. The molecule has 1 N–H and O–H groups in total. The first-order valence-corrected chi connectivity index (χ1v) is 6.33. The van der Waals surface area contributed by atoms with Crippen molar-refractivity contribution in [1.82, 2.24) is 10.2 Å². The third kappa shape index (κ3) is 2.81. The molecule has 0 fully saturated rings. The number of carbonyl (C=O) groups excluding carboxylic acids is 2. The molecule has 19 heavy (non-hydrogen) atoms. The lowest BCUT2D eigenvalue weighted by Crippen LogP contribution is -2.36. The molecule has 102 valence electrons. The fourth-order valence-corrected chi connectivity index (χ4v) is 2.52. The van der Waals surface area contributed by atoms with Gasteiger partial charge in [-0.25, -0.2) is 0 Å². The fraction of sp³-hybridized carbons (Fsp3) is 0.385. The highest BCUT2D eigenvalue weighted by Crippen LogP contribution is 2.30. The maximum Gasteiger partial charge on any atom is 0.325 e. The molecule has 2 rings (SSSR count). The number of allylic oxidation sites excluding steroid dienone is 1. The van der Waals surface area contributed by atoms with E-state index in [9.17, 15) is 9.59 Å². The lowest BCUT2D eigenvalue weighted by molar-refractivity contribution is -0.141. The van der Waals surface area contributed by atoms with Crippen LogP contribution in [0.4, 0.5) is 0 Å². The van der Waals surface area contributed by atoms with Crippen molar-refractivity contribution < 1.29 is 14.3 Å². The van der Waals surface area contributed by atoms with Crippen LogP contribution in [-0.4, -0.2) is 37.0 Å². The molecule has 0 spiro atoms. The van der Waals surface area contributed by atoms with E-state index in [0.717, 1.165) is 6.42 Å². The van der Waals surface area contributed by atoms with Crippen molar-refractivity contribution in [3.05, 3.63) is 34.7 Å². The summed E-state index contributed by atoms with van der Waals surface area (Å²) in [4.78, 5) is 25.3. The molecule has 0 aromatic heterocycles. The van der Waals surface area contributed by atoms with Crippen molar-refractivity contribution >= 4 is 23.5 Å². The SMILES string of the molecule is C=C1C=C(Cl)NC(=O)C2=C1N(CC(=O)OC)CCC2. The Hall–Kier alpha value is -1.75. The van der Waals surface area contributed by atoms with Crippen molar-refractivity contribution in [2.24, 2.45) is 0 Å². The highest BCUT2D eigenvalue weighted by atomic mass is 35.5. The van der Waals surface area contributed by atoms with Gasteiger partial charge in [0.1, 0.15) is 11.7 Å². The minimum Gasteiger partial charge on any atom is -0.468 e. The summed E-state index contributed by atoms with van der Waals surface area (Å²) in [6.45, 7) is 4.71. The van der Waals surface area contributed by atoms with E-state index in [2.05, 4.69) is 16.6 Å². The molecule has 0 bridgehead atoms. The first-order valence-electron chi connectivity index (χ1n) is 5.95. The Labute approximate surface area is 116 Å². The number of nitrogens with zero attached hydrogens (tertiary/aromatic N) is 1. The van der Waals surface area contributed by atoms with Gasteiger partial charge in [-0.1, -0.05) is 18.2 Å². The standard InChI is InChI=1S/C13H15ClN2O3/c1-8-6-10(14)15-13(18)9-4-3-5-16(12(8)9)7-11(17)19-2/h6H,1,3-5,7H2,2H3,(H,15,18). The molecule has 0 saturated carbocycles. The van der Waals surface area contributed by atoms with Gasteiger partial charge in [-0.3, -0.25) is 9.59 Å². The molecular formula is C13H15ClN2O3. The molecule has 2 aliphatic rings. The van der Waals surface area contributed by atoms with E-state index in [1.807, 2.05) is 4.90 Å². The number of amides is 1. The molecule has 0 radical (unpaired) electrons. The van der Waals surface area contributed by atoms with E-state index < -0.39 is 0 Å². The van der Waals surface area contributed by atoms with E-state index in [1.54, 1.807) is 6.08 Å². The van der Waals surface area contributed by atoms with Crippen LogP contribution in [0.15, 0.2) is 34.7 Å². The Morgan fingerprint density at radius 2 is 2.37 bits per heavy atom. The molecule has 5 nitrogen and oxygen atoms in total.